The summed E-state index contributed by atoms with van der Waals surface area (Å²) in [5.41, 5.74) is 3.47. The summed E-state index contributed by atoms with van der Waals surface area (Å²) in [4.78, 5) is 32.4. The molecule has 2 aliphatic rings. The highest BCUT2D eigenvalue weighted by molar-refractivity contribution is 6.02. The van der Waals surface area contributed by atoms with Gasteiger partial charge in [-0.2, -0.15) is 0 Å². The lowest BCUT2D eigenvalue weighted by Gasteiger charge is -2.41. The molecule has 0 saturated carbocycles. The van der Waals surface area contributed by atoms with E-state index in [1.807, 2.05) is 48.3 Å². The van der Waals surface area contributed by atoms with Crippen molar-refractivity contribution in [3.63, 3.8) is 0 Å². The van der Waals surface area contributed by atoms with E-state index in [0.717, 1.165) is 41.5 Å². The maximum Gasteiger partial charge on any atom is 0.254 e. The van der Waals surface area contributed by atoms with Crippen LogP contribution in [0.25, 0.3) is 10.9 Å². The number of rotatable bonds is 10. The van der Waals surface area contributed by atoms with Crippen molar-refractivity contribution in [2.45, 2.75) is 57.0 Å². The predicted molar refractivity (Wildman–Crippen MR) is 155 cm³/mol. The average molecular weight is 531 g/mol. The van der Waals surface area contributed by atoms with Gasteiger partial charge in [-0.25, -0.2) is 0 Å². The molecule has 0 bridgehead atoms. The van der Waals surface area contributed by atoms with Gasteiger partial charge >= 0.3 is 0 Å². The van der Waals surface area contributed by atoms with E-state index in [0.29, 0.717) is 31.3 Å². The van der Waals surface area contributed by atoms with Crippen LogP contribution in [0, 0.1) is 0 Å². The Morgan fingerprint density at radius 1 is 1.05 bits per heavy atom. The highest BCUT2D eigenvalue weighted by Crippen LogP contribution is 2.45. The highest BCUT2D eigenvalue weighted by atomic mass is 16.5. The number of likely N-dealkylation sites (tertiary alicyclic amines) is 1. The molecule has 7 heteroatoms. The minimum atomic E-state index is -0.514. The number of nitrogens with zero attached hydrogens (tertiary/aromatic N) is 3. The molecule has 0 radical (unpaired) electrons. The third kappa shape index (κ3) is 5.48. The summed E-state index contributed by atoms with van der Waals surface area (Å²) in [7, 11) is 3.66. The maximum absolute atomic E-state index is 14.1. The fourth-order valence-corrected chi connectivity index (χ4v) is 6.69. The predicted octanol–water partition coefficient (Wildman–Crippen LogP) is 4.88. The Hall–Kier alpha value is -3.16. The zero-order chi connectivity index (χ0) is 27.4. The van der Waals surface area contributed by atoms with Gasteiger partial charge in [0.05, 0.1) is 18.6 Å². The van der Waals surface area contributed by atoms with Gasteiger partial charge in [-0.3, -0.25) is 9.59 Å². The Labute approximate surface area is 232 Å². The Morgan fingerprint density at radius 2 is 1.85 bits per heavy atom. The number of piperidine rings is 1. The topological polar surface area (TPSA) is 66.8 Å². The number of aryl methyl sites for hydroxylation is 1. The minimum Gasteiger partial charge on any atom is -0.383 e. The van der Waals surface area contributed by atoms with Gasteiger partial charge < -0.3 is 24.4 Å². The van der Waals surface area contributed by atoms with E-state index in [4.69, 9.17) is 4.74 Å². The summed E-state index contributed by atoms with van der Waals surface area (Å²) < 4.78 is 7.49. The third-order valence-corrected chi connectivity index (χ3v) is 8.65. The number of aromatic nitrogens is 1. The molecule has 1 aromatic heterocycles. The molecule has 3 atom stereocenters. The molecule has 1 fully saturated rings. The second kappa shape index (κ2) is 12.3. The summed E-state index contributed by atoms with van der Waals surface area (Å²) in [5, 5.41) is 4.33. The lowest BCUT2D eigenvalue weighted by Crippen LogP contribution is -2.48. The molecule has 3 heterocycles. The molecule has 2 amide bonds. The molecule has 0 spiro atoms. The van der Waals surface area contributed by atoms with E-state index in [1.54, 1.807) is 7.11 Å². The van der Waals surface area contributed by atoms with E-state index < -0.39 is 12.0 Å². The van der Waals surface area contributed by atoms with Crippen LogP contribution in [0.3, 0.4) is 0 Å². The molecular formula is C32H42N4O3. The van der Waals surface area contributed by atoms with Crippen molar-refractivity contribution < 1.29 is 14.3 Å². The van der Waals surface area contributed by atoms with Crippen LogP contribution in [0.1, 0.15) is 72.5 Å². The van der Waals surface area contributed by atoms with Crippen molar-refractivity contribution >= 4 is 22.7 Å². The molecule has 3 unspecified atom stereocenters. The monoisotopic (exact) mass is 530 g/mol. The number of hydrogen-bond acceptors (Lipinski definition) is 4. The van der Waals surface area contributed by atoms with E-state index in [1.165, 1.54) is 25.7 Å². The number of para-hydroxylation sites is 1. The molecule has 208 valence electrons. The Kier molecular flexibility index (Phi) is 8.68. The Morgan fingerprint density at radius 3 is 2.67 bits per heavy atom. The number of ether oxygens (including phenoxy) is 1. The van der Waals surface area contributed by atoms with Crippen molar-refractivity contribution in [2.75, 3.05) is 39.9 Å². The van der Waals surface area contributed by atoms with Gasteiger partial charge in [-0.05, 0) is 49.9 Å². The van der Waals surface area contributed by atoms with E-state index in [2.05, 4.69) is 40.0 Å². The summed E-state index contributed by atoms with van der Waals surface area (Å²) in [5.74, 6) is -0.596. The van der Waals surface area contributed by atoms with Gasteiger partial charge in [0, 0.05) is 68.1 Å². The smallest absolute Gasteiger partial charge is 0.254 e. The fraction of sp³-hybridized carbons (Fsp3) is 0.500. The SMILES string of the molecule is CCC1CCCCN1CCCNC(=O)C1c2ccccc2C(=O)N(CCOC)C1c1cn(C)c2ccccc12. The first-order chi connectivity index (χ1) is 19.0. The normalized spacial score (nSPS) is 21.8. The first-order valence-corrected chi connectivity index (χ1v) is 14.5. The zero-order valence-corrected chi connectivity index (χ0v) is 23.6. The Bertz CT molecular complexity index is 1300. The maximum atomic E-state index is 14.1. The van der Waals surface area contributed by atoms with Gasteiger partial charge in [0.25, 0.3) is 5.91 Å². The molecule has 3 aromatic rings. The molecule has 7 nitrogen and oxygen atoms in total. The van der Waals surface area contributed by atoms with Crippen LogP contribution in [-0.4, -0.2) is 72.1 Å². The lowest BCUT2D eigenvalue weighted by atomic mass is 9.79. The number of nitrogens with one attached hydrogen (secondary N) is 1. The molecular weight excluding hydrogens is 488 g/mol. The quantitative estimate of drug-likeness (QED) is 0.380. The second-order valence-electron chi connectivity index (χ2n) is 11.0. The van der Waals surface area contributed by atoms with Gasteiger partial charge in [-0.15, -0.1) is 0 Å². The van der Waals surface area contributed by atoms with Crippen molar-refractivity contribution in [1.82, 2.24) is 19.7 Å². The number of hydrogen-bond donors (Lipinski definition) is 1. The van der Waals surface area contributed by atoms with Crippen molar-refractivity contribution in [1.29, 1.82) is 0 Å². The molecule has 1 saturated heterocycles. The summed E-state index contributed by atoms with van der Waals surface area (Å²) >= 11 is 0. The van der Waals surface area contributed by atoms with Crippen LogP contribution >= 0.6 is 0 Å². The van der Waals surface area contributed by atoms with Crippen molar-refractivity contribution in [3.05, 3.63) is 71.4 Å². The molecule has 39 heavy (non-hydrogen) atoms. The molecule has 0 aliphatic carbocycles. The van der Waals surface area contributed by atoms with Crippen LogP contribution in [0.2, 0.25) is 0 Å². The third-order valence-electron chi connectivity index (χ3n) is 8.65. The van der Waals surface area contributed by atoms with Crippen LogP contribution in [0.5, 0.6) is 0 Å². The van der Waals surface area contributed by atoms with Gasteiger partial charge in [0.2, 0.25) is 5.91 Å². The number of fused-ring (bicyclic) bond motifs is 2. The van der Waals surface area contributed by atoms with Crippen LogP contribution in [0.15, 0.2) is 54.7 Å². The van der Waals surface area contributed by atoms with Crippen molar-refractivity contribution in [2.24, 2.45) is 7.05 Å². The molecule has 2 aliphatic heterocycles. The first kappa shape index (κ1) is 27.4. The second-order valence-corrected chi connectivity index (χ2v) is 11.0. The van der Waals surface area contributed by atoms with E-state index >= 15 is 0 Å². The summed E-state index contributed by atoms with van der Waals surface area (Å²) in [6.07, 6.45) is 8.04. The van der Waals surface area contributed by atoms with Crippen LogP contribution < -0.4 is 5.32 Å². The minimum absolute atomic E-state index is 0.0269. The highest BCUT2D eigenvalue weighted by Gasteiger charge is 2.44. The van der Waals surface area contributed by atoms with Gasteiger partial charge in [-0.1, -0.05) is 49.7 Å². The van der Waals surface area contributed by atoms with E-state index in [-0.39, 0.29) is 11.8 Å². The van der Waals surface area contributed by atoms with Gasteiger partial charge in [0.15, 0.2) is 0 Å². The van der Waals surface area contributed by atoms with Crippen LogP contribution in [-0.2, 0) is 16.6 Å². The largest absolute Gasteiger partial charge is 0.383 e. The zero-order valence-electron chi connectivity index (χ0n) is 23.6. The number of benzene rings is 2. The van der Waals surface area contributed by atoms with Crippen LogP contribution in [0.4, 0.5) is 0 Å². The lowest BCUT2D eigenvalue weighted by molar-refractivity contribution is -0.124. The number of carbonyl (C=O) groups excluding carboxylic acids is 2. The fourth-order valence-electron chi connectivity index (χ4n) is 6.69. The first-order valence-electron chi connectivity index (χ1n) is 14.5. The Balaban J connectivity index is 1.45. The summed E-state index contributed by atoms with van der Waals surface area (Å²) in [6.45, 7) is 5.87. The van der Waals surface area contributed by atoms with Gasteiger partial charge in [0.1, 0.15) is 0 Å². The summed E-state index contributed by atoms with van der Waals surface area (Å²) in [6, 6.07) is 16.0. The number of methoxy groups -OCH3 is 1. The number of amides is 2. The molecule has 1 N–H and O–H groups in total. The number of carbonyl (C=O) groups is 2. The van der Waals surface area contributed by atoms with E-state index in [9.17, 15) is 9.59 Å². The molecule has 2 aromatic carbocycles. The standard InChI is InChI=1S/C32H42N4O3/c1-4-23-12-9-10-18-35(23)19-11-17-33-31(37)29-25-14-5-6-15-26(25)32(38)36(20-21-39-3)30(29)27-22-34(2)28-16-8-7-13-24(27)28/h5-8,13-16,22-23,29-30H,4,9-12,17-21H2,1-3H3,(H,33,37). The molecule has 5 rings (SSSR count). The average Bonchev–Trinajstić information content (AvgIpc) is 3.30. The van der Waals surface area contributed by atoms with Crippen molar-refractivity contribution in [3.8, 4) is 0 Å².